The molecule has 150 valence electrons. The fourth-order valence-electron chi connectivity index (χ4n) is 3.70. The van der Waals surface area contributed by atoms with Crippen LogP contribution in [-0.2, 0) is 11.2 Å². The summed E-state index contributed by atoms with van der Waals surface area (Å²) >= 11 is 0. The van der Waals surface area contributed by atoms with Crippen molar-refractivity contribution in [3.63, 3.8) is 0 Å². The minimum absolute atomic E-state index is 0.124. The molecule has 1 fully saturated rings. The molecule has 0 unspecified atom stereocenters. The number of rotatable bonds is 6. The van der Waals surface area contributed by atoms with Gasteiger partial charge in [0.15, 0.2) is 0 Å². The van der Waals surface area contributed by atoms with Crippen molar-refractivity contribution >= 4 is 5.91 Å². The number of nitrogens with zero attached hydrogens (tertiary/aromatic N) is 3. The van der Waals surface area contributed by atoms with E-state index in [1.54, 1.807) is 7.11 Å². The number of amides is 1. The van der Waals surface area contributed by atoms with E-state index in [4.69, 9.17) is 9.26 Å². The predicted molar refractivity (Wildman–Crippen MR) is 109 cm³/mol. The molecule has 0 saturated carbocycles. The average Bonchev–Trinajstić information content (AvgIpc) is 3.42. The predicted octanol–water partition coefficient (Wildman–Crippen LogP) is 4.35. The SMILES string of the molecule is COc1ccc(CCC(=O)N2CCC[C@@H]2c2nc(-c3ccc(C)cc3)no2)cc1. The molecule has 0 aliphatic carbocycles. The lowest BCUT2D eigenvalue weighted by Gasteiger charge is -2.21. The van der Waals surface area contributed by atoms with Crippen LogP contribution in [0.3, 0.4) is 0 Å². The van der Waals surface area contributed by atoms with Crippen LogP contribution in [-0.4, -0.2) is 34.6 Å². The van der Waals surface area contributed by atoms with E-state index in [9.17, 15) is 4.79 Å². The van der Waals surface area contributed by atoms with Gasteiger partial charge in [-0.15, -0.1) is 0 Å². The summed E-state index contributed by atoms with van der Waals surface area (Å²) in [6.45, 7) is 2.77. The van der Waals surface area contributed by atoms with Gasteiger partial charge in [0.25, 0.3) is 0 Å². The van der Waals surface area contributed by atoms with Crippen molar-refractivity contribution in [3.05, 3.63) is 65.5 Å². The molecule has 0 spiro atoms. The largest absolute Gasteiger partial charge is 0.497 e. The number of aromatic nitrogens is 2. The second-order valence-electron chi connectivity index (χ2n) is 7.42. The second-order valence-corrected chi connectivity index (χ2v) is 7.42. The zero-order valence-electron chi connectivity index (χ0n) is 16.8. The third kappa shape index (κ3) is 4.31. The van der Waals surface area contributed by atoms with E-state index in [0.29, 0.717) is 24.6 Å². The minimum Gasteiger partial charge on any atom is -0.497 e. The Morgan fingerprint density at radius 1 is 1.17 bits per heavy atom. The third-order valence-corrected chi connectivity index (χ3v) is 5.40. The van der Waals surface area contributed by atoms with Gasteiger partial charge in [-0.05, 0) is 43.9 Å². The number of likely N-dealkylation sites (tertiary alicyclic amines) is 1. The quantitative estimate of drug-likeness (QED) is 0.625. The van der Waals surface area contributed by atoms with Crippen molar-refractivity contribution in [1.29, 1.82) is 0 Å². The molecular weight excluding hydrogens is 366 g/mol. The van der Waals surface area contributed by atoms with Crippen LogP contribution in [0.5, 0.6) is 5.75 Å². The number of benzene rings is 2. The zero-order chi connectivity index (χ0) is 20.2. The summed E-state index contributed by atoms with van der Waals surface area (Å²) in [7, 11) is 1.65. The Morgan fingerprint density at radius 3 is 2.66 bits per heavy atom. The fourth-order valence-corrected chi connectivity index (χ4v) is 3.70. The van der Waals surface area contributed by atoms with Gasteiger partial charge in [-0.2, -0.15) is 4.98 Å². The number of hydrogen-bond donors (Lipinski definition) is 0. The van der Waals surface area contributed by atoms with Gasteiger partial charge in [-0.25, -0.2) is 0 Å². The van der Waals surface area contributed by atoms with Crippen molar-refractivity contribution in [2.45, 2.75) is 38.6 Å². The van der Waals surface area contributed by atoms with Gasteiger partial charge in [0.2, 0.25) is 17.6 Å². The summed E-state index contributed by atoms with van der Waals surface area (Å²) in [6.07, 6.45) is 2.96. The molecule has 0 N–H and O–H groups in total. The molecule has 1 atom stereocenters. The van der Waals surface area contributed by atoms with Crippen LogP contribution in [0.2, 0.25) is 0 Å². The molecule has 1 saturated heterocycles. The number of carbonyl (C=O) groups is 1. The van der Waals surface area contributed by atoms with E-state index in [1.165, 1.54) is 5.56 Å². The molecule has 2 aromatic carbocycles. The summed E-state index contributed by atoms with van der Waals surface area (Å²) in [5, 5.41) is 4.13. The fraction of sp³-hybridized carbons (Fsp3) is 0.348. The number of aryl methyl sites for hydroxylation is 2. The molecule has 1 aliphatic heterocycles. The van der Waals surface area contributed by atoms with Gasteiger partial charge in [-0.3, -0.25) is 4.79 Å². The summed E-state index contributed by atoms with van der Waals surface area (Å²) in [4.78, 5) is 19.3. The Morgan fingerprint density at radius 2 is 1.93 bits per heavy atom. The third-order valence-electron chi connectivity index (χ3n) is 5.40. The average molecular weight is 391 g/mol. The van der Waals surface area contributed by atoms with Crippen molar-refractivity contribution in [2.24, 2.45) is 0 Å². The highest BCUT2D eigenvalue weighted by molar-refractivity contribution is 5.77. The van der Waals surface area contributed by atoms with Crippen LogP contribution < -0.4 is 4.74 Å². The van der Waals surface area contributed by atoms with Crippen molar-refractivity contribution in [2.75, 3.05) is 13.7 Å². The number of ether oxygens (including phenoxy) is 1. The van der Waals surface area contributed by atoms with E-state index < -0.39 is 0 Å². The monoisotopic (exact) mass is 391 g/mol. The topological polar surface area (TPSA) is 68.5 Å². The zero-order valence-corrected chi connectivity index (χ0v) is 16.8. The van der Waals surface area contributed by atoms with Gasteiger partial charge in [0, 0.05) is 18.5 Å². The summed E-state index contributed by atoms with van der Waals surface area (Å²) in [6, 6.07) is 15.7. The van der Waals surface area contributed by atoms with E-state index in [1.807, 2.05) is 60.4 Å². The Labute approximate surface area is 170 Å². The normalized spacial score (nSPS) is 16.2. The maximum absolute atomic E-state index is 12.9. The van der Waals surface area contributed by atoms with E-state index in [-0.39, 0.29) is 11.9 Å². The number of hydrogen-bond acceptors (Lipinski definition) is 5. The van der Waals surface area contributed by atoms with Gasteiger partial charge >= 0.3 is 0 Å². The molecule has 3 aromatic rings. The first-order valence-electron chi connectivity index (χ1n) is 9.97. The number of methoxy groups -OCH3 is 1. The summed E-state index contributed by atoms with van der Waals surface area (Å²) in [5.41, 5.74) is 3.22. The van der Waals surface area contributed by atoms with Crippen molar-refractivity contribution in [3.8, 4) is 17.1 Å². The Hall–Kier alpha value is -3.15. The molecule has 6 nitrogen and oxygen atoms in total. The van der Waals surface area contributed by atoms with E-state index in [2.05, 4.69) is 10.1 Å². The molecule has 1 amide bonds. The first-order chi connectivity index (χ1) is 14.1. The van der Waals surface area contributed by atoms with Crippen LogP contribution in [0.15, 0.2) is 53.1 Å². The number of carbonyl (C=O) groups excluding carboxylic acids is 1. The molecule has 1 aliphatic rings. The molecule has 1 aromatic heterocycles. The van der Waals surface area contributed by atoms with Gasteiger partial charge in [0.05, 0.1) is 7.11 Å². The Kier molecular flexibility index (Phi) is 5.60. The smallest absolute Gasteiger partial charge is 0.249 e. The van der Waals surface area contributed by atoms with Crippen LogP contribution in [0.1, 0.15) is 42.3 Å². The van der Waals surface area contributed by atoms with E-state index in [0.717, 1.165) is 36.3 Å². The molecule has 4 rings (SSSR count). The first-order valence-corrected chi connectivity index (χ1v) is 9.97. The van der Waals surface area contributed by atoms with Crippen molar-refractivity contribution < 1.29 is 14.1 Å². The lowest BCUT2D eigenvalue weighted by Crippen LogP contribution is -2.30. The van der Waals surface area contributed by atoms with Crippen molar-refractivity contribution in [1.82, 2.24) is 15.0 Å². The van der Waals surface area contributed by atoms with Crippen LogP contribution >= 0.6 is 0 Å². The van der Waals surface area contributed by atoms with E-state index >= 15 is 0 Å². The summed E-state index contributed by atoms with van der Waals surface area (Å²) < 4.78 is 10.7. The van der Waals surface area contributed by atoms with Crippen LogP contribution in [0.4, 0.5) is 0 Å². The highest BCUT2D eigenvalue weighted by Crippen LogP contribution is 2.32. The molecular formula is C23H25N3O3. The molecule has 29 heavy (non-hydrogen) atoms. The molecule has 0 bridgehead atoms. The Balaban J connectivity index is 1.41. The van der Waals surface area contributed by atoms with Crippen LogP contribution in [0, 0.1) is 6.92 Å². The second kappa shape index (κ2) is 8.47. The maximum Gasteiger partial charge on any atom is 0.249 e. The van der Waals surface area contributed by atoms with Gasteiger partial charge in [0.1, 0.15) is 11.8 Å². The lowest BCUT2D eigenvalue weighted by molar-refractivity contribution is -0.132. The first kappa shape index (κ1) is 19.2. The van der Waals surface area contributed by atoms with Gasteiger partial charge in [-0.1, -0.05) is 47.1 Å². The molecule has 0 radical (unpaired) electrons. The summed E-state index contributed by atoms with van der Waals surface area (Å²) in [5.74, 6) is 2.03. The van der Waals surface area contributed by atoms with Crippen LogP contribution in [0.25, 0.3) is 11.4 Å². The highest BCUT2D eigenvalue weighted by Gasteiger charge is 2.33. The molecule has 2 heterocycles. The van der Waals surface area contributed by atoms with Gasteiger partial charge < -0.3 is 14.2 Å². The maximum atomic E-state index is 12.9. The standard InChI is InChI=1S/C23H25N3O3/c1-16-5-10-18(11-6-16)22-24-23(29-25-22)20-4-3-15-26(20)21(27)14-9-17-7-12-19(28-2)13-8-17/h5-8,10-13,20H,3-4,9,14-15H2,1-2H3/t20-/m1/s1. The Bertz CT molecular complexity index is 964. The highest BCUT2D eigenvalue weighted by atomic mass is 16.5. The minimum atomic E-state index is -0.134. The lowest BCUT2D eigenvalue weighted by atomic mass is 10.1. The molecule has 6 heteroatoms.